The number of cyclic esters (lactones) is 1. The fraction of sp³-hybridized carbons (Fsp3) is 0.476. The van der Waals surface area contributed by atoms with Crippen LogP contribution in [0.4, 0.5) is 0 Å². The molecule has 0 radical (unpaired) electrons. The normalized spacial score (nSPS) is 27.1. The minimum absolute atomic E-state index is 0.00525. The molecule has 288 valence electrons. The number of rotatable bonds is 7. The van der Waals surface area contributed by atoms with E-state index in [0.29, 0.717) is 17.6 Å². The second kappa shape index (κ2) is 19.8. The minimum atomic E-state index is -1.18. The Balaban J connectivity index is 2.15. The summed E-state index contributed by atoms with van der Waals surface area (Å²) in [6.07, 6.45) is 7.04. The van der Waals surface area contributed by atoms with E-state index in [1.807, 2.05) is 76.3 Å². The number of nitrogens with zero attached hydrogens (tertiary/aromatic N) is 1. The highest BCUT2D eigenvalue weighted by molar-refractivity contribution is 5.98. The number of carbonyl (C=O) groups is 4. The van der Waals surface area contributed by atoms with Gasteiger partial charge in [-0.3, -0.25) is 14.4 Å². The van der Waals surface area contributed by atoms with E-state index in [9.17, 15) is 24.3 Å². The quantitative estimate of drug-likeness (QED) is 0.302. The Labute approximate surface area is 314 Å². The minimum Gasteiger partial charge on any atom is -0.504 e. The van der Waals surface area contributed by atoms with Gasteiger partial charge in [0.2, 0.25) is 17.7 Å². The standard InChI is InChI=1S/C42H57N3O8/c1-25(2)36-42(50)53-38(31-17-12-11-13-18-31)28(6)16-14-15-27(5)34(51-9)22-19-29(7)41(49)45(8)37(26(3)4)40(48)43-32(39(47)44-36)23-30-20-21-33(46)35(24-30)52-10/h11-21,24-26,28,32,34,36-38,46H,22-23H2,1-10H3,(H,43,48)(H,44,47)/b16-14+,27-15-,29-19+/t28-,32-,34-,36+,37+,38+/m1/s1. The van der Waals surface area contributed by atoms with Crippen molar-refractivity contribution in [3.63, 3.8) is 0 Å². The second-order valence-corrected chi connectivity index (χ2v) is 14.4. The number of allylic oxidation sites excluding steroid dienone is 2. The van der Waals surface area contributed by atoms with Gasteiger partial charge in [-0.05, 0) is 60.9 Å². The van der Waals surface area contributed by atoms with Gasteiger partial charge >= 0.3 is 5.97 Å². The first-order valence-corrected chi connectivity index (χ1v) is 18.1. The summed E-state index contributed by atoms with van der Waals surface area (Å²) in [5, 5.41) is 15.9. The van der Waals surface area contributed by atoms with Gasteiger partial charge in [0.15, 0.2) is 11.5 Å². The molecule has 1 heterocycles. The molecule has 0 aromatic heterocycles. The van der Waals surface area contributed by atoms with E-state index in [-0.39, 0.29) is 47.7 Å². The average Bonchev–Trinajstić information content (AvgIpc) is 3.12. The van der Waals surface area contributed by atoms with E-state index >= 15 is 0 Å². The molecule has 3 amide bonds. The van der Waals surface area contributed by atoms with Gasteiger partial charge < -0.3 is 34.9 Å². The molecule has 0 saturated carbocycles. The molecule has 3 N–H and O–H groups in total. The Morgan fingerprint density at radius 2 is 1.62 bits per heavy atom. The number of phenols is 1. The summed E-state index contributed by atoms with van der Waals surface area (Å²) in [6.45, 7) is 12.9. The first-order chi connectivity index (χ1) is 25.1. The van der Waals surface area contributed by atoms with E-state index in [4.69, 9.17) is 14.2 Å². The summed E-state index contributed by atoms with van der Waals surface area (Å²) in [7, 11) is 4.59. The van der Waals surface area contributed by atoms with Crippen LogP contribution in [0.1, 0.15) is 72.1 Å². The lowest BCUT2D eigenvalue weighted by atomic mass is 9.95. The first-order valence-electron chi connectivity index (χ1n) is 18.1. The number of benzene rings is 2. The predicted octanol–water partition coefficient (Wildman–Crippen LogP) is 5.84. The molecule has 2 aromatic carbocycles. The van der Waals surface area contributed by atoms with Crippen molar-refractivity contribution in [2.75, 3.05) is 21.3 Å². The van der Waals surface area contributed by atoms with Gasteiger partial charge in [-0.15, -0.1) is 0 Å². The summed E-state index contributed by atoms with van der Waals surface area (Å²) in [6, 6.07) is 10.9. The molecule has 2 aromatic rings. The van der Waals surface area contributed by atoms with Crippen molar-refractivity contribution in [2.24, 2.45) is 17.8 Å². The summed E-state index contributed by atoms with van der Waals surface area (Å²) in [5.41, 5.74) is 2.75. The molecule has 0 unspecified atom stereocenters. The molecule has 6 atom stereocenters. The third kappa shape index (κ3) is 11.5. The van der Waals surface area contributed by atoms with E-state index in [1.54, 1.807) is 53.1 Å². The zero-order valence-corrected chi connectivity index (χ0v) is 32.7. The first kappa shape index (κ1) is 42.5. The van der Waals surface area contributed by atoms with Crippen LogP contribution >= 0.6 is 0 Å². The molecule has 1 aliphatic heterocycles. The molecular formula is C42H57N3O8. The van der Waals surface area contributed by atoms with Crippen LogP contribution in [0.2, 0.25) is 0 Å². The number of amides is 3. The van der Waals surface area contributed by atoms with Crippen LogP contribution in [-0.2, 0) is 35.1 Å². The molecule has 0 aliphatic carbocycles. The molecular weight excluding hydrogens is 674 g/mol. The van der Waals surface area contributed by atoms with Crippen molar-refractivity contribution in [1.82, 2.24) is 15.5 Å². The van der Waals surface area contributed by atoms with E-state index < -0.39 is 42.0 Å². The number of ether oxygens (including phenoxy) is 3. The van der Waals surface area contributed by atoms with E-state index in [0.717, 1.165) is 11.1 Å². The molecule has 11 nitrogen and oxygen atoms in total. The maximum atomic E-state index is 14.2. The van der Waals surface area contributed by atoms with Crippen LogP contribution in [0.15, 0.2) is 84.0 Å². The van der Waals surface area contributed by atoms with Crippen molar-refractivity contribution >= 4 is 23.7 Å². The number of esters is 1. The van der Waals surface area contributed by atoms with Crippen molar-refractivity contribution in [3.8, 4) is 11.5 Å². The Kier molecular flexibility index (Phi) is 15.9. The van der Waals surface area contributed by atoms with Gasteiger partial charge in [0.05, 0.1) is 13.2 Å². The van der Waals surface area contributed by atoms with Crippen LogP contribution in [0.25, 0.3) is 0 Å². The number of carbonyl (C=O) groups excluding carboxylic acids is 4. The van der Waals surface area contributed by atoms with Crippen LogP contribution in [0.3, 0.4) is 0 Å². The summed E-state index contributed by atoms with van der Waals surface area (Å²) in [5.74, 6) is -2.96. The lowest BCUT2D eigenvalue weighted by Crippen LogP contribution is -2.58. The SMILES string of the molecule is COc1cc(C[C@H]2NC(=O)[C@H](C(C)C)N(C)C(=O)/C(C)=C/C[C@@H](OC)/C(C)=C\C=C\[C@@H](C)[C@@H](c3ccccc3)OC(=O)[C@H](C(C)C)NC2=O)ccc1O. The Bertz CT molecular complexity index is 1670. The van der Waals surface area contributed by atoms with Crippen LogP contribution in [-0.4, -0.2) is 79.2 Å². The summed E-state index contributed by atoms with van der Waals surface area (Å²) < 4.78 is 17.3. The van der Waals surface area contributed by atoms with Gasteiger partial charge in [-0.1, -0.05) is 95.3 Å². The van der Waals surface area contributed by atoms with Crippen molar-refractivity contribution in [1.29, 1.82) is 0 Å². The van der Waals surface area contributed by atoms with Crippen molar-refractivity contribution in [2.45, 2.75) is 91.6 Å². The smallest absolute Gasteiger partial charge is 0.329 e. The molecule has 0 saturated heterocycles. The Hall–Kier alpha value is -4.90. The summed E-state index contributed by atoms with van der Waals surface area (Å²) in [4.78, 5) is 57.4. The molecule has 0 bridgehead atoms. The zero-order chi connectivity index (χ0) is 39.4. The Morgan fingerprint density at radius 3 is 2.23 bits per heavy atom. The number of methoxy groups -OCH3 is 2. The number of aromatic hydroxyl groups is 1. The second-order valence-electron chi connectivity index (χ2n) is 14.4. The van der Waals surface area contributed by atoms with Crippen molar-refractivity contribution in [3.05, 3.63) is 95.1 Å². The van der Waals surface area contributed by atoms with Crippen LogP contribution < -0.4 is 15.4 Å². The van der Waals surface area contributed by atoms with Gasteiger partial charge in [0.25, 0.3) is 0 Å². The highest BCUT2D eigenvalue weighted by Crippen LogP contribution is 2.29. The highest BCUT2D eigenvalue weighted by atomic mass is 16.5. The topological polar surface area (TPSA) is 144 Å². The van der Waals surface area contributed by atoms with Crippen LogP contribution in [0, 0.1) is 17.8 Å². The molecule has 0 fully saturated rings. The van der Waals surface area contributed by atoms with E-state index in [1.165, 1.54) is 18.1 Å². The molecule has 0 spiro atoms. The molecule has 53 heavy (non-hydrogen) atoms. The fourth-order valence-electron chi connectivity index (χ4n) is 6.38. The van der Waals surface area contributed by atoms with E-state index in [2.05, 4.69) is 10.6 Å². The number of phenolic OH excluding ortho intramolecular Hbond substituents is 1. The maximum Gasteiger partial charge on any atom is 0.329 e. The number of likely N-dealkylation sites (N-methyl/N-ethyl adjacent to an activating group) is 1. The van der Waals surface area contributed by atoms with Gasteiger partial charge in [-0.2, -0.15) is 0 Å². The summed E-state index contributed by atoms with van der Waals surface area (Å²) >= 11 is 0. The average molecular weight is 732 g/mol. The lowest BCUT2D eigenvalue weighted by molar-refractivity contribution is -0.156. The van der Waals surface area contributed by atoms with Crippen molar-refractivity contribution < 1.29 is 38.5 Å². The number of hydrogen-bond donors (Lipinski definition) is 3. The van der Waals surface area contributed by atoms with Gasteiger partial charge in [-0.25, -0.2) is 4.79 Å². The zero-order valence-electron chi connectivity index (χ0n) is 32.7. The number of nitrogens with one attached hydrogen (secondary N) is 2. The Morgan fingerprint density at radius 1 is 0.943 bits per heavy atom. The largest absolute Gasteiger partial charge is 0.504 e. The lowest BCUT2D eigenvalue weighted by Gasteiger charge is -2.32. The number of hydrogen-bond acceptors (Lipinski definition) is 8. The third-order valence-corrected chi connectivity index (χ3v) is 9.56. The third-order valence-electron chi connectivity index (χ3n) is 9.56. The highest BCUT2D eigenvalue weighted by Gasteiger charge is 2.36. The predicted molar refractivity (Wildman–Crippen MR) is 205 cm³/mol. The molecule has 1 aliphatic rings. The van der Waals surface area contributed by atoms with Gasteiger partial charge in [0, 0.05) is 32.1 Å². The maximum absolute atomic E-state index is 14.2. The monoisotopic (exact) mass is 731 g/mol. The van der Waals surface area contributed by atoms with Crippen LogP contribution in [0.5, 0.6) is 11.5 Å². The fourth-order valence-corrected chi connectivity index (χ4v) is 6.38. The van der Waals surface area contributed by atoms with Gasteiger partial charge in [0.1, 0.15) is 24.2 Å². The molecule has 11 heteroatoms. The molecule has 3 rings (SSSR count).